The molecule has 0 saturated heterocycles. The van der Waals surface area contributed by atoms with Crippen molar-refractivity contribution >= 4 is 21.5 Å². The van der Waals surface area contributed by atoms with E-state index in [4.69, 9.17) is 0 Å². The number of halogens is 3. The molecule has 0 atom stereocenters. The van der Waals surface area contributed by atoms with Gasteiger partial charge in [-0.2, -0.15) is 13.2 Å². The summed E-state index contributed by atoms with van der Waals surface area (Å²) in [6, 6.07) is 7.45. The largest absolute Gasteiger partial charge is 0.454 e. The van der Waals surface area contributed by atoms with Crippen LogP contribution < -0.4 is 4.31 Å². The minimum absolute atomic E-state index is 0.135. The molecule has 0 unspecified atom stereocenters. The average molecular weight is 293 g/mol. The summed E-state index contributed by atoms with van der Waals surface area (Å²) in [5.41, 5.74) is 0.135. The van der Waals surface area contributed by atoms with Crippen LogP contribution in [0.2, 0.25) is 0 Å². The zero-order valence-corrected chi connectivity index (χ0v) is 10.6. The molecule has 1 aromatic rings. The van der Waals surface area contributed by atoms with Crippen molar-refractivity contribution in [3.8, 4) is 0 Å². The number of ketones is 1. The first-order chi connectivity index (χ1) is 8.62. The summed E-state index contributed by atoms with van der Waals surface area (Å²) in [6.07, 6.45) is -3.45. The van der Waals surface area contributed by atoms with E-state index in [0.717, 1.165) is 6.26 Å². The first-order valence-corrected chi connectivity index (χ1v) is 6.81. The molecule has 104 valence electrons. The van der Waals surface area contributed by atoms with Crippen LogP contribution >= 0.6 is 0 Å². The summed E-state index contributed by atoms with van der Waals surface area (Å²) in [6.45, 7) is 0. The number of carbonyl (C=O) groups is 1. The van der Waals surface area contributed by atoms with E-state index >= 15 is 0 Å². The predicted molar refractivity (Wildman–Crippen MR) is 64.0 cm³/mol. The number of hydrogen-bond acceptors (Lipinski definition) is 3. The van der Waals surface area contributed by atoms with Gasteiger partial charge in [0.25, 0.3) is 5.78 Å². The zero-order chi connectivity index (χ0) is 14.7. The van der Waals surface area contributed by atoms with Crippen molar-refractivity contribution < 1.29 is 26.4 Å². The van der Waals surface area contributed by atoms with Crippen LogP contribution in [0.5, 0.6) is 0 Å². The number of benzene rings is 1. The van der Waals surface area contributed by atoms with Gasteiger partial charge in [-0.15, -0.1) is 0 Å². The lowest BCUT2D eigenvalue weighted by atomic mass is 10.3. The highest BCUT2D eigenvalue weighted by Gasteiger charge is 2.36. The normalized spacial score (nSPS) is 12.6. The number of anilines is 1. The Morgan fingerprint density at radius 3 is 2.16 bits per heavy atom. The molecule has 0 aliphatic rings. The maximum Gasteiger partial charge on any atom is 0.454 e. The number of carbonyl (C=O) groups excluding carboxylic acids is 1. The van der Waals surface area contributed by atoms with E-state index in [9.17, 15) is 26.4 Å². The molecule has 0 N–H and O–H groups in total. The lowest BCUT2D eigenvalue weighted by Gasteiger charge is -2.17. The Labute approximate surface area is 108 Å². The lowest BCUT2D eigenvalue weighted by molar-refractivity contribution is -0.165. The third kappa shape index (κ3) is 4.40. The van der Waals surface area contributed by atoms with E-state index in [1.807, 2.05) is 0 Å². The Balaban J connectivity index is 3.10. The number of alkyl halides is 3. The summed E-state index contributed by atoms with van der Waals surface area (Å²) in [5, 5.41) is 0. The first kappa shape index (κ1) is 15.2. The van der Waals surface area contributed by atoms with Gasteiger partial charge in [0.15, 0.2) is 0 Å². The maximum atomic E-state index is 12.0. The van der Waals surface area contributed by atoms with Gasteiger partial charge in [-0.25, -0.2) is 12.7 Å². The van der Waals surface area contributed by atoms with E-state index < -0.39 is 22.0 Å². The van der Waals surface area contributed by atoms with Gasteiger partial charge in [-0.05, 0) is 12.1 Å². The molecule has 0 spiro atoms. The molecular weight excluding hydrogens is 283 g/mol. The van der Waals surface area contributed by atoms with Gasteiger partial charge in [-0.3, -0.25) is 4.79 Å². The van der Waals surface area contributed by atoms with Crippen molar-refractivity contribution in [2.75, 3.05) is 10.6 Å². The van der Waals surface area contributed by atoms with E-state index in [2.05, 4.69) is 0 Å². The molecule has 0 heterocycles. The minimum Gasteiger partial charge on any atom is -0.285 e. The number of sulfonamides is 1. The molecule has 1 rings (SSSR count). The van der Waals surface area contributed by atoms with Gasteiger partial charge in [0, 0.05) is 12.3 Å². The van der Waals surface area contributed by atoms with Crippen LogP contribution in [-0.2, 0) is 14.8 Å². The van der Waals surface area contributed by atoms with E-state index in [1.165, 1.54) is 24.3 Å². The van der Waals surface area contributed by atoms with Gasteiger partial charge in [0.1, 0.15) is 0 Å². The number of rotatable bonds is 4. The highest BCUT2D eigenvalue weighted by atomic mass is 32.2. The molecule has 19 heavy (non-hydrogen) atoms. The molecule has 0 saturated carbocycles. The van der Waals surface area contributed by atoms with Crippen LogP contribution in [0, 0.1) is 0 Å². The van der Waals surface area contributed by atoms with Crippen LogP contribution in [0.1, 0.15) is 0 Å². The molecule has 0 radical (unpaired) electrons. The zero-order valence-electron chi connectivity index (χ0n) is 9.76. The van der Waals surface area contributed by atoms with Crippen molar-refractivity contribution in [1.82, 2.24) is 0 Å². The molecule has 1 aromatic carbocycles. The van der Waals surface area contributed by atoms with E-state index in [1.54, 1.807) is 6.07 Å². The quantitative estimate of drug-likeness (QED) is 0.799. The second kappa shape index (κ2) is 5.43. The number of hydrogen-bond donors (Lipinski definition) is 0. The van der Waals surface area contributed by atoms with Crippen molar-refractivity contribution in [3.05, 3.63) is 42.6 Å². The fraction of sp³-hybridized carbons (Fsp3) is 0.182. The second-order valence-electron chi connectivity index (χ2n) is 3.57. The van der Waals surface area contributed by atoms with Gasteiger partial charge in [0.2, 0.25) is 10.0 Å². The first-order valence-electron chi connectivity index (χ1n) is 4.96. The number of nitrogens with zero attached hydrogens (tertiary/aromatic N) is 1. The lowest BCUT2D eigenvalue weighted by Crippen LogP contribution is -2.26. The third-order valence-electron chi connectivity index (χ3n) is 2.01. The van der Waals surface area contributed by atoms with E-state index in [-0.39, 0.29) is 11.8 Å². The van der Waals surface area contributed by atoms with Crippen molar-refractivity contribution in [2.45, 2.75) is 6.18 Å². The number of allylic oxidation sites excluding steroid dienone is 1. The Morgan fingerprint density at radius 2 is 1.74 bits per heavy atom. The highest BCUT2D eigenvalue weighted by Crippen LogP contribution is 2.20. The SMILES string of the molecule is CS(=O)(=O)N(/C=C/C(=O)C(F)(F)F)c1ccccc1. The molecule has 0 amide bonds. The van der Waals surface area contributed by atoms with E-state index in [0.29, 0.717) is 10.5 Å². The Hall–Kier alpha value is -1.83. The smallest absolute Gasteiger partial charge is 0.285 e. The summed E-state index contributed by atoms with van der Waals surface area (Å²) in [7, 11) is -3.83. The van der Waals surface area contributed by atoms with Crippen LogP contribution in [0.4, 0.5) is 18.9 Å². The molecule has 4 nitrogen and oxygen atoms in total. The molecule has 0 fully saturated rings. The minimum atomic E-state index is -5.03. The van der Waals surface area contributed by atoms with Crippen LogP contribution in [-0.4, -0.2) is 26.6 Å². The Morgan fingerprint density at radius 1 is 1.21 bits per heavy atom. The van der Waals surface area contributed by atoms with Crippen molar-refractivity contribution in [1.29, 1.82) is 0 Å². The maximum absolute atomic E-state index is 12.0. The second-order valence-corrected chi connectivity index (χ2v) is 5.43. The van der Waals surface area contributed by atoms with Gasteiger partial charge >= 0.3 is 6.18 Å². The number of para-hydroxylation sites is 1. The Kier molecular flexibility index (Phi) is 4.35. The topological polar surface area (TPSA) is 54.5 Å². The summed E-state index contributed by atoms with van der Waals surface area (Å²) >= 11 is 0. The van der Waals surface area contributed by atoms with Gasteiger partial charge in [0.05, 0.1) is 11.9 Å². The van der Waals surface area contributed by atoms with Gasteiger partial charge < -0.3 is 0 Å². The highest BCUT2D eigenvalue weighted by molar-refractivity contribution is 7.92. The molecular formula is C11H10F3NO3S. The monoisotopic (exact) mass is 293 g/mol. The van der Waals surface area contributed by atoms with Crippen molar-refractivity contribution in [2.24, 2.45) is 0 Å². The molecule has 0 aliphatic heterocycles. The van der Waals surface area contributed by atoms with Gasteiger partial charge in [-0.1, -0.05) is 18.2 Å². The van der Waals surface area contributed by atoms with Crippen LogP contribution in [0.25, 0.3) is 0 Å². The average Bonchev–Trinajstić information content (AvgIpc) is 2.27. The molecule has 0 aliphatic carbocycles. The molecule has 0 aromatic heterocycles. The van der Waals surface area contributed by atoms with Crippen molar-refractivity contribution in [3.63, 3.8) is 0 Å². The summed E-state index contributed by atoms with van der Waals surface area (Å²) in [4.78, 5) is 10.7. The fourth-order valence-electron chi connectivity index (χ4n) is 1.19. The summed E-state index contributed by atoms with van der Waals surface area (Å²) < 4.78 is 59.6. The van der Waals surface area contributed by atoms with Crippen LogP contribution in [0.15, 0.2) is 42.6 Å². The Bertz CT molecular complexity index is 579. The van der Waals surface area contributed by atoms with Crippen LogP contribution in [0.3, 0.4) is 0 Å². The summed E-state index contributed by atoms with van der Waals surface area (Å²) in [5.74, 6) is -2.13. The fourth-order valence-corrected chi connectivity index (χ4v) is 1.98. The molecule has 8 heteroatoms. The third-order valence-corrected chi connectivity index (χ3v) is 3.06. The predicted octanol–water partition coefficient (Wildman–Crippen LogP) is 2.10. The molecule has 0 bridgehead atoms. The standard InChI is InChI=1S/C11H10F3NO3S/c1-19(17,18)15(9-5-3-2-4-6-9)8-7-10(16)11(12,13)14/h2-8H,1H3/b8-7+.